The molecule has 0 atom stereocenters. The number of carbonyl (C=O) groups is 1. The molecule has 174 valence electrons. The molecule has 3 aromatic carbocycles. The maximum atomic E-state index is 13.6. The highest BCUT2D eigenvalue weighted by Gasteiger charge is 2.20. The minimum absolute atomic E-state index is 0.151. The molecule has 1 aromatic heterocycles. The first-order valence-electron chi connectivity index (χ1n) is 10.7. The molecule has 1 heterocycles. The summed E-state index contributed by atoms with van der Waals surface area (Å²) in [6.07, 6.45) is 0. The number of nitrogens with zero attached hydrogens (tertiary/aromatic N) is 2. The molecular formula is C27H24ClFN2O3. The molecule has 0 radical (unpaired) electrons. The number of hydrogen-bond donors (Lipinski definition) is 1. The van der Waals surface area contributed by atoms with E-state index in [1.54, 1.807) is 28.9 Å². The highest BCUT2D eigenvalue weighted by atomic mass is 35.5. The van der Waals surface area contributed by atoms with Crippen molar-refractivity contribution in [3.05, 3.63) is 89.2 Å². The second kappa shape index (κ2) is 9.31. The van der Waals surface area contributed by atoms with E-state index in [-0.39, 0.29) is 11.2 Å². The molecule has 4 aromatic rings. The molecule has 5 nitrogen and oxygen atoms in total. The molecule has 0 saturated carbocycles. The monoisotopic (exact) mass is 478 g/mol. The van der Waals surface area contributed by atoms with Crippen LogP contribution in [-0.2, 0) is 10.2 Å². The first kappa shape index (κ1) is 23.5. The van der Waals surface area contributed by atoms with Crippen molar-refractivity contribution in [3.8, 4) is 34.0 Å². The van der Waals surface area contributed by atoms with Gasteiger partial charge in [-0.05, 0) is 77.7 Å². The molecule has 0 aliphatic carbocycles. The second-order valence-electron chi connectivity index (χ2n) is 8.95. The number of aromatic nitrogens is 2. The smallest absolute Gasteiger partial charge is 0.341 e. The summed E-state index contributed by atoms with van der Waals surface area (Å²) in [5.74, 6) is -0.962. The van der Waals surface area contributed by atoms with Gasteiger partial charge in [-0.3, -0.25) is 0 Å². The van der Waals surface area contributed by atoms with Crippen LogP contribution in [0.4, 0.5) is 4.39 Å². The standard InChI is InChI=1S/C27H24ClFN2O3/c1-27(2,3)18-6-13-22(25(14-18)34-16-26(32)33)23-15-24(17-4-9-20(29)10-5-17)31(30-23)21-11-7-19(28)8-12-21/h4-15H,16H2,1-3H3,(H,32,33). The first-order valence-corrected chi connectivity index (χ1v) is 11.1. The van der Waals surface area contributed by atoms with Crippen LogP contribution in [0.3, 0.4) is 0 Å². The van der Waals surface area contributed by atoms with Crippen molar-refractivity contribution >= 4 is 17.6 Å². The lowest BCUT2D eigenvalue weighted by atomic mass is 9.86. The van der Waals surface area contributed by atoms with Crippen molar-refractivity contribution in [2.24, 2.45) is 0 Å². The van der Waals surface area contributed by atoms with E-state index in [0.717, 1.165) is 22.5 Å². The Labute approximate surface area is 202 Å². The van der Waals surface area contributed by atoms with Crippen LogP contribution in [0, 0.1) is 5.82 Å². The summed E-state index contributed by atoms with van der Waals surface area (Å²) in [6, 6.07) is 21.0. The molecular weight excluding hydrogens is 455 g/mol. The van der Waals surface area contributed by atoms with Crippen LogP contribution < -0.4 is 4.74 Å². The van der Waals surface area contributed by atoms with E-state index in [0.29, 0.717) is 22.0 Å². The van der Waals surface area contributed by atoms with E-state index in [2.05, 4.69) is 20.8 Å². The molecule has 0 fully saturated rings. The van der Waals surface area contributed by atoms with Crippen LogP contribution in [0.25, 0.3) is 28.2 Å². The Morgan fingerprint density at radius 1 is 1.03 bits per heavy atom. The summed E-state index contributed by atoms with van der Waals surface area (Å²) < 4.78 is 21.0. The molecule has 4 rings (SSSR count). The summed E-state index contributed by atoms with van der Waals surface area (Å²) in [6.45, 7) is 5.75. The number of ether oxygens (including phenoxy) is 1. The number of hydrogen-bond acceptors (Lipinski definition) is 3. The largest absolute Gasteiger partial charge is 0.481 e. The zero-order valence-electron chi connectivity index (χ0n) is 19.0. The molecule has 7 heteroatoms. The Bertz CT molecular complexity index is 1260. The van der Waals surface area contributed by atoms with E-state index in [4.69, 9.17) is 26.5 Å². The molecule has 0 saturated heterocycles. The molecule has 0 aliphatic heterocycles. The lowest BCUT2D eigenvalue weighted by Gasteiger charge is -2.21. The number of carboxylic acid groups (broad SMARTS) is 1. The average Bonchev–Trinajstić information content (AvgIpc) is 3.23. The van der Waals surface area contributed by atoms with Gasteiger partial charge in [0, 0.05) is 16.1 Å². The van der Waals surface area contributed by atoms with Crippen molar-refractivity contribution in [2.45, 2.75) is 26.2 Å². The fourth-order valence-corrected chi connectivity index (χ4v) is 3.70. The van der Waals surface area contributed by atoms with Crippen LogP contribution in [0.15, 0.2) is 72.8 Å². The minimum atomic E-state index is -1.06. The maximum absolute atomic E-state index is 13.6. The first-order chi connectivity index (χ1) is 16.1. The Morgan fingerprint density at radius 3 is 2.32 bits per heavy atom. The summed E-state index contributed by atoms with van der Waals surface area (Å²) in [5, 5.41) is 14.6. The van der Waals surface area contributed by atoms with Gasteiger partial charge in [-0.25, -0.2) is 13.9 Å². The Balaban J connectivity index is 1.89. The molecule has 0 spiro atoms. The van der Waals surface area contributed by atoms with Gasteiger partial charge in [0.1, 0.15) is 11.6 Å². The summed E-state index contributed by atoms with van der Waals surface area (Å²) in [4.78, 5) is 11.2. The van der Waals surface area contributed by atoms with Crippen molar-refractivity contribution < 1.29 is 19.0 Å². The van der Waals surface area contributed by atoms with E-state index in [9.17, 15) is 9.18 Å². The predicted molar refractivity (Wildman–Crippen MR) is 131 cm³/mol. The molecule has 1 N–H and O–H groups in total. The molecule has 0 bridgehead atoms. The predicted octanol–water partition coefficient (Wildman–Crippen LogP) is 6.76. The SMILES string of the molecule is CC(C)(C)c1ccc(-c2cc(-c3ccc(F)cc3)n(-c3ccc(Cl)cc3)n2)c(OCC(=O)O)c1. The fourth-order valence-electron chi connectivity index (χ4n) is 3.58. The van der Waals surface area contributed by atoms with E-state index in [1.807, 2.05) is 36.4 Å². The van der Waals surface area contributed by atoms with E-state index >= 15 is 0 Å². The summed E-state index contributed by atoms with van der Waals surface area (Å²) in [7, 11) is 0. The zero-order chi connectivity index (χ0) is 24.5. The van der Waals surface area contributed by atoms with Gasteiger partial charge in [0.2, 0.25) is 0 Å². The summed E-state index contributed by atoms with van der Waals surface area (Å²) in [5.41, 5.74) is 4.39. The average molecular weight is 479 g/mol. The third-order valence-electron chi connectivity index (χ3n) is 5.40. The van der Waals surface area contributed by atoms with Gasteiger partial charge in [0.25, 0.3) is 0 Å². The van der Waals surface area contributed by atoms with Crippen LogP contribution in [0.1, 0.15) is 26.3 Å². The molecule has 0 unspecified atom stereocenters. The van der Waals surface area contributed by atoms with Crippen molar-refractivity contribution in [1.82, 2.24) is 9.78 Å². The Morgan fingerprint density at radius 2 is 1.71 bits per heavy atom. The number of carboxylic acids is 1. The van der Waals surface area contributed by atoms with Crippen LogP contribution in [0.2, 0.25) is 5.02 Å². The number of rotatable bonds is 6. The second-order valence-corrected chi connectivity index (χ2v) is 9.39. The van der Waals surface area contributed by atoms with Gasteiger partial charge in [-0.1, -0.05) is 38.4 Å². The Hall–Kier alpha value is -3.64. The van der Waals surface area contributed by atoms with Gasteiger partial charge in [0.15, 0.2) is 6.61 Å². The maximum Gasteiger partial charge on any atom is 0.341 e. The third kappa shape index (κ3) is 5.13. The van der Waals surface area contributed by atoms with Crippen molar-refractivity contribution in [3.63, 3.8) is 0 Å². The lowest BCUT2D eigenvalue weighted by molar-refractivity contribution is -0.139. The van der Waals surface area contributed by atoms with Gasteiger partial charge in [0.05, 0.1) is 17.1 Å². The Kier molecular flexibility index (Phi) is 6.44. The van der Waals surface area contributed by atoms with E-state index in [1.165, 1.54) is 12.1 Å². The normalized spacial score (nSPS) is 11.4. The number of aliphatic carboxylic acids is 1. The topological polar surface area (TPSA) is 64.4 Å². The third-order valence-corrected chi connectivity index (χ3v) is 5.65. The lowest BCUT2D eigenvalue weighted by Crippen LogP contribution is -2.13. The number of benzene rings is 3. The quantitative estimate of drug-likeness (QED) is 0.332. The highest BCUT2D eigenvalue weighted by Crippen LogP contribution is 2.37. The molecule has 0 aliphatic rings. The van der Waals surface area contributed by atoms with Gasteiger partial charge < -0.3 is 9.84 Å². The summed E-state index contributed by atoms with van der Waals surface area (Å²) >= 11 is 6.07. The van der Waals surface area contributed by atoms with Crippen LogP contribution in [-0.4, -0.2) is 27.5 Å². The number of halogens is 2. The van der Waals surface area contributed by atoms with E-state index < -0.39 is 12.6 Å². The van der Waals surface area contributed by atoms with Gasteiger partial charge in [-0.2, -0.15) is 5.10 Å². The zero-order valence-corrected chi connectivity index (χ0v) is 19.8. The highest BCUT2D eigenvalue weighted by molar-refractivity contribution is 6.30. The van der Waals surface area contributed by atoms with Gasteiger partial charge in [-0.15, -0.1) is 0 Å². The van der Waals surface area contributed by atoms with Gasteiger partial charge >= 0.3 is 5.97 Å². The molecule has 34 heavy (non-hydrogen) atoms. The van der Waals surface area contributed by atoms with Crippen molar-refractivity contribution in [1.29, 1.82) is 0 Å². The molecule has 0 amide bonds. The van der Waals surface area contributed by atoms with Crippen LogP contribution in [0.5, 0.6) is 5.75 Å². The van der Waals surface area contributed by atoms with Crippen molar-refractivity contribution in [2.75, 3.05) is 6.61 Å². The minimum Gasteiger partial charge on any atom is -0.481 e. The van der Waals surface area contributed by atoms with Crippen LogP contribution >= 0.6 is 11.6 Å². The fraction of sp³-hybridized carbons (Fsp3) is 0.185.